The smallest absolute Gasteiger partial charge is 0.229 e. The molecule has 0 unspecified atom stereocenters. The quantitative estimate of drug-likeness (QED) is 0.520. The van der Waals surface area contributed by atoms with Crippen molar-refractivity contribution in [2.75, 3.05) is 0 Å². The van der Waals surface area contributed by atoms with Gasteiger partial charge in [0.2, 0.25) is 11.2 Å². The number of amides is 1. The molecule has 13 heavy (non-hydrogen) atoms. The Morgan fingerprint density at radius 2 is 2.15 bits per heavy atom. The van der Waals surface area contributed by atoms with Crippen molar-refractivity contribution in [1.29, 1.82) is 0 Å². The molecule has 0 aromatic carbocycles. The summed E-state index contributed by atoms with van der Waals surface area (Å²) in [4.78, 5) is 17.7. The number of carbonyl (C=O) groups is 1. The third-order valence-electron chi connectivity index (χ3n) is 1.12. The largest absolute Gasteiger partial charge is 0.369 e. The lowest BCUT2D eigenvalue weighted by molar-refractivity contribution is -0.117. The van der Waals surface area contributed by atoms with Crippen LogP contribution in [0.1, 0.15) is 12.0 Å². The van der Waals surface area contributed by atoms with Gasteiger partial charge in [-0.1, -0.05) is 11.8 Å². The number of halogens is 1. The minimum absolute atomic E-state index is 0.0304. The van der Waals surface area contributed by atoms with Crippen LogP contribution in [0.25, 0.3) is 0 Å². The first-order chi connectivity index (χ1) is 6.18. The molecule has 0 atom stereocenters. The molecule has 0 aliphatic heterocycles. The number of hydrogen-bond acceptors (Lipinski definition) is 3. The topological polar surface area (TPSA) is 68.9 Å². The van der Waals surface area contributed by atoms with Gasteiger partial charge in [-0.25, -0.2) is 9.97 Å². The van der Waals surface area contributed by atoms with Crippen LogP contribution in [0.4, 0.5) is 0 Å². The fraction of sp³-hybridized carbons (Fsp3) is 0.125. The fourth-order valence-corrected chi connectivity index (χ4v) is 0.708. The Morgan fingerprint density at radius 1 is 1.54 bits per heavy atom. The number of aromatic nitrogens is 2. The zero-order chi connectivity index (χ0) is 9.68. The molecule has 0 saturated heterocycles. The van der Waals surface area contributed by atoms with E-state index in [9.17, 15) is 4.79 Å². The number of hydrogen-bond donors (Lipinski definition) is 1. The third-order valence-corrected chi connectivity index (χ3v) is 1.31. The van der Waals surface area contributed by atoms with Crippen molar-refractivity contribution in [3.8, 4) is 11.8 Å². The Labute approximate surface area is 80.1 Å². The van der Waals surface area contributed by atoms with Gasteiger partial charge in [-0.3, -0.25) is 4.79 Å². The molecular formula is C8H6ClN3O. The van der Waals surface area contributed by atoms with Crippen molar-refractivity contribution in [3.05, 3.63) is 23.2 Å². The number of carbonyl (C=O) groups excluding carboxylic acids is 1. The number of nitrogens with zero attached hydrogens (tertiary/aromatic N) is 2. The van der Waals surface area contributed by atoms with Gasteiger partial charge in [0.25, 0.3) is 0 Å². The molecule has 0 saturated carbocycles. The van der Waals surface area contributed by atoms with Crippen molar-refractivity contribution >= 4 is 17.5 Å². The minimum atomic E-state index is -0.456. The van der Waals surface area contributed by atoms with E-state index in [4.69, 9.17) is 17.3 Å². The van der Waals surface area contributed by atoms with E-state index in [-0.39, 0.29) is 11.7 Å². The van der Waals surface area contributed by atoms with Gasteiger partial charge >= 0.3 is 0 Å². The Hall–Kier alpha value is -1.60. The lowest BCUT2D eigenvalue weighted by Gasteiger charge is -1.87. The van der Waals surface area contributed by atoms with Crippen LogP contribution in [0.2, 0.25) is 5.28 Å². The monoisotopic (exact) mass is 195 g/mol. The Kier molecular flexibility index (Phi) is 3.23. The van der Waals surface area contributed by atoms with E-state index in [1.54, 1.807) is 0 Å². The summed E-state index contributed by atoms with van der Waals surface area (Å²) in [5.74, 6) is 4.79. The van der Waals surface area contributed by atoms with Gasteiger partial charge in [0, 0.05) is 12.4 Å². The van der Waals surface area contributed by atoms with Crippen molar-refractivity contribution in [1.82, 2.24) is 9.97 Å². The highest BCUT2D eigenvalue weighted by molar-refractivity contribution is 6.28. The molecular weight excluding hydrogens is 190 g/mol. The highest BCUT2D eigenvalue weighted by Gasteiger charge is 1.90. The maximum Gasteiger partial charge on any atom is 0.229 e. The van der Waals surface area contributed by atoms with E-state index in [1.165, 1.54) is 12.4 Å². The summed E-state index contributed by atoms with van der Waals surface area (Å²) < 4.78 is 0. The molecule has 0 radical (unpaired) electrons. The zero-order valence-corrected chi connectivity index (χ0v) is 7.38. The second-order valence-electron chi connectivity index (χ2n) is 2.19. The van der Waals surface area contributed by atoms with Crippen LogP contribution in [-0.4, -0.2) is 15.9 Å². The molecule has 2 N–H and O–H groups in total. The molecule has 1 heterocycles. The third kappa shape index (κ3) is 3.54. The summed E-state index contributed by atoms with van der Waals surface area (Å²) in [6, 6.07) is 0. The molecule has 4 nitrogen and oxygen atoms in total. The summed E-state index contributed by atoms with van der Waals surface area (Å²) in [5.41, 5.74) is 5.49. The van der Waals surface area contributed by atoms with Gasteiger partial charge in [-0.2, -0.15) is 0 Å². The Bertz CT molecular complexity index is 363. The number of nitrogens with two attached hydrogens (primary N) is 1. The molecule has 0 bridgehead atoms. The first-order valence-corrected chi connectivity index (χ1v) is 3.81. The highest BCUT2D eigenvalue weighted by Crippen LogP contribution is 1.98. The number of primary amides is 1. The highest BCUT2D eigenvalue weighted by atomic mass is 35.5. The molecule has 5 heteroatoms. The molecule has 66 valence electrons. The van der Waals surface area contributed by atoms with E-state index in [1.807, 2.05) is 0 Å². The normalized spacial score (nSPS) is 8.69. The Balaban J connectivity index is 2.67. The van der Waals surface area contributed by atoms with E-state index in [2.05, 4.69) is 21.8 Å². The lowest BCUT2D eigenvalue weighted by Crippen LogP contribution is -2.08. The molecule has 1 amide bonds. The summed E-state index contributed by atoms with van der Waals surface area (Å²) in [5, 5.41) is 0.167. The summed E-state index contributed by atoms with van der Waals surface area (Å²) in [6.07, 6.45) is 2.98. The fourth-order valence-electron chi connectivity index (χ4n) is 0.610. The maximum atomic E-state index is 10.3. The van der Waals surface area contributed by atoms with E-state index >= 15 is 0 Å². The summed E-state index contributed by atoms with van der Waals surface area (Å²) >= 11 is 5.45. The molecule has 0 aliphatic carbocycles. The van der Waals surface area contributed by atoms with Crippen LogP contribution in [-0.2, 0) is 4.79 Å². The van der Waals surface area contributed by atoms with Gasteiger partial charge in [-0.05, 0) is 11.6 Å². The van der Waals surface area contributed by atoms with Crippen molar-refractivity contribution in [2.24, 2.45) is 5.73 Å². The first kappa shape index (κ1) is 9.49. The SMILES string of the molecule is NC(=O)CC#Cc1cnc(Cl)nc1. The average molecular weight is 196 g/mol. The van der Waals surface area contributed by atoms with Crippen LogP contribution >= 0.6 is 11.6 Å². The maximum absolute atomic E-state index is 10.3. The van der Waals surface area contributed by atoms with Crippen LogP contribution in [0.3, 0.4) is 0 Å². The average Bonchev–Trinajstić information content (AvgIpc) is 2.08. The standard InChI is InChI=1S/C8H6ClN3O/c9-8-11-4-6(5-12-8)2-1-3-7(10)13/h4-5H,3H2,(H2,10,13). The molecule has 1 rings (SSSR count). The zero-order valence-electron chi connectivity index (χ0n) is 6.62. The molecule has 1 aromatic heterocycles. The minimum Gasteiger partial charge on any atom is -0.369 e. The van der Waals surface area contributed by atoms with Crippen LogP contribution in [0.5, 0.6) is 0 Å². The lowest BCUT2D eigenvalue weighted by atomic mass is 10.3. The predicted molar refractivity (Wildman–Crippen MR) is 47.7 cm³/mol. The van der Waals surface area contributed by atoms with E-state index in [0.717, 1.165) is 0 Å². The van der Waals surface area contributed by atoms with Gasteiger partial charge in [0.1, 0.15) is 0 Å². The van der Waals surface area contributed by atoms with Crippen molar-refractivity contribution in [2.45, 2.75) is 6.42 Å². The number of rotatable bonds is 1. The first-order valence-electron chi connectivity index (χ1n) is 3.43. The summed E-state index contributed by atoms with van der Waals surface area (Å²) in [7, 11) is 0. The molecule has 0 fully saturated rings. The Morgan fingerprint density at radius 3 is 2.69 bits per heavy atom. The van der Waals surface area contributed by atoms with Crippen molar-refractivity contribution in [3.63, 3.8) is 0 Å². The van der Waals surface area contributed by atoms with Crippen LogP contribution < -0.4 is 5.73 Å². The molecule has 0 spiro atoms. The molecule has 0 aliphatic rings. The second kappa shape index (κ2) is 4.43. The van der Waals surface area contributed by atoms with E-state index < -0.39 is 5.91 Å². The van der Waals surface area contributed by atoms with Gasteiger partial charge in [0.15, 0.2) is 0 Å². The second-order valence-corrected chi connectivity index (χ2v) is 2.52. The van der Waals surface area contributed by atoms with Crippen LogP contribution in [0.15, 0.2) is 12.4 Å². The van der Waals surface area contributed by atoms with E-state index in [0.29, 0.717) is 5.56 Å². The predicted octanol–water partition coefficient (Wildman–Crippen LogP) is 0.357. The molecule has 1 aromatic rings. The van der Waals surface area contributed by atoms with Crippen LogP contribution in [0, 0.1) is 11.8 Å². The van der Waals surface area contributed by atoms with Gasteiger partial charge in [0.05, 0.1) is 12.0 Å². The van der Waals surface area contributed by atoms with Gasteiger partial charge < -0.3 is 5.73 Å². The van der Waals surface area contributed by atoms with Crippen molar-refractivity contribution < 1.29 is 4.79 Å². The summed E-state index contributed by atoms with van der Waals surface area (Å²) in [6.45, 7) is 0. The van der Waals surface area contributed by atoms with Gasteiger partial charge in [-0.15, -0.1) is 0 Å².